The Labute approximate surface area is 130 Å². The average Bonchev–Trinajstić information content (AvgIpc) is 2.42. The lowest BCUT2D eigenvalue weighted by atomic mass is 10.1. The van der Waals surface area contributed by atoms with Crippen molar-refractivity contribution >= 4 is 34.9 Å². The summed E-state index contributed by atoms with van der Waals surface area (Å²) < 4.78 is 5.19. The summed E-state index contributed by atoms with van der Waals surface area (Å²) in [5.74, 6) is -0.511. The van der Waals surface area contributed by atoms with Crippen molar-refractivity contribution in [1.29, 1.82) is 0 Å². The number of benzene rings is 1. The number of hydrogen-bond donors (Lipinski definition) is 1. The van der Waals surface area contributed by atoms with Crippen molar-refractivity contribution in [2.24, 2.45) is 0 Å². The van der Waals surface area contributed by atoms with Crippen LogP contribution in [-0.4, -0.2) is 12.6 Å². The molecule has 0 atom stereocenters. The summed E-state index contributed by atoms with van der Waals surface area (Å²) in [7, 11) is 0. The van der Waals surface area contributed by atoms with Crippen molar-refractivity contribution in [2.45, 2.75) is 45.4 Å². The van der Waals surface area contributed by atoms with E-state index in [4.69, 9.17) is 33.7 Å². The number of carbonyl (C=O) groups excluding carboxylic acids is 1. The summed E-state index contributed by atoms with van der Waals surface area (Å²) in [6.45, 7) is 2.56. The van der Waals surface area contributed by atoms with Gasteiger partial charge in [-0.05, 0) is 18.6 Å². The van der Waals surface area contributed by atoms with E-state index >= 15 is 0 Å². The molecule has 0 radical (unpaired) electrons. The normalized spacial score (nSPS) is 10.6. The lowest BCUT2D eigenvalue weighted by Gasteiger charge is -2.09. The van der Waals surface area contributed by atoms with Crippen LogP contribution in [0.2, 0.25) is 10.0 Å². The van der Waals surface area contributed by atoms with Crippen molar-refractivity contribution in [3.8, 4) is 0 Å². The number of anilines is 1. The highest BCUT2D eigenvalue weighted by atomic mass is 35.5. The van der Waals surface area contributed by atoms with Crippen LogP contribution in [0.1, 0.15) is 55.8 Å². The number of nitrogens with two attached hydrogens (primary N) is 1. The minimum Gasteiger partial charge on any atom is -0.462 e. The highest BCUT2D eigenvalue weighted by molar-refractivity contribution is 6.38. The summed E-state index contributed by atoms with van der Waals surface area (Å²) in [5.41, 5.74) is 6.08. The van der Waals surface area contributed by atoms with Crippen LogP contribution in [0.3, 0.4) is 0 Å². The van der Waals surface area contributed by atoms with E-state index in [1.165, 1.54) is 25.7 Å². The zero-order chi connectivity index (χ0) is 15.0. The molecule has 1 rings (SSSR count). The fraction of sp³-hybridized carbons (Fsp3) is 0.533. The van der Waals surface area contributed by atoms with Gasteiger partial charge in [0.25, 0.3) is 0 Å². The highest BCUT2D eigenvalue weighted by Gasteiger charge is 2.17. The zero-order valence-corrected chi connectivity index (χ0v) is 13.3. The van der Waals surface area contributed by atoms with E-state index in [1.54, 1.807) is 12.1 Å². The second-order valence-electron chi connectivity index (χ2n) is 4.72. The molecule has 0 spiro atoms. The fourth-order valence-electron chi connectivity index (χ4n) is 1.89. The Morgan fingerprint density at radius 1 is 1.10 bits per heavy atom. The molecular formula is C15H21Cl2NO2. The Kier molecular flexibility index (Phi) is 7.78. The number of ether oxygens (including phenoxy) is 1. The molecule has 0 saturated heterocycles. The first-order valence-electron chi connectivity index (χ1n) is 6.98. The third-order valence-corrected chi connectivity index (χ3v) is 3.72. The van der Waals surface area contributed by atoms with Gasteiger partial charge in [-0.3, -0.25) is 0 Å². The number of rotatable bonds is 8. The SMILES string of the molecule is CCCCCCCCOC(=O)c1c(Cl)ccc(Cl)c1N. The molecule has 112 valence electrons. The predicted molar refractivity (Wildman–Crippen MR) is 84.5 cm³/mol. The molecule has 0 aliphatic heterocycles. The maximum absolute atomic E-state index is 11.9. The maximum atomic E-state index is 11.9. The smallest absolute Gasteiger partial charge is 0.341 e. The van der Waals surface area contributed by atoms with Gasteiger partial charge in [0.1, 0.15) is 5.56 Å². The third-order valence-electron chi connectivity index (χ3n) is 3.08. The van der Waals surface area contributed by atoms with Crippen LogP contribution >= 0.6 is 23.2 Å². The van der Waals surface area contributed by atoms with Crippen LogP contribution in [0, 0.1) is 0 Å². The zero-order valence-electron chi connectivity index (χ0n) is 11.8. The first-order chi connectivity index (χ1) is 9.57. The summed E-state index contributed by atoms with van der Waals surface area (Å²) in [5, 5.41) is 0.570. The van der Waals surface area contributed by atoms with Gasteiger partial charge in [-0.2, -0.15) is 0 Å². The van der Waals surface area contributed by atoms with Gasteiger partial charge in [0, 0.05) is 0 Å². The predicted octanol–water partition coefficient (Wildman–Crippen LogP) is 5.09. The Morgan fingerprint density at radius 2 is 1.70 bits per heavy atom. The molecule has 0 amide bonds. The monoisotopic (exact) mass is 317 g/mol. The molecule has 0 heterocycles. The summed E-state index contributed by atoms with van der Waals surface area (Å²) >= 11 is 11.8. The Morgan fingerprint density at radius 3 is 2.40 bits per heavy atom. The van der Waals surface area contributed by atoms with E-state index in [1.807, 2.05) is 0 Å². The number of hydrogen-bond acceptors (Lipinski definition) is 3. The molecule has 0 aliphatic carbocycles. The van der Waals surface area contributed by atoms with Gasteiger partial charge >= 0.3 is 5.97 Å². The molecule has 20 heavy (non-hydrogen) atoms. The van der Waals surface area contributed by atoms with Gasteiger partial charge in [0.2, 0.25) is 0 Å². The standard InChI is InChI=1S/C15H21Cl2NO2/c1-2-3-4-5-6-7-10-20-15(19)13-11(16)8-9-12(17)14(13)18/h8-9H,2-7,10,18H2,1H3. The molecule has 0 aromatic heterocycles. The van der Waals surface area contributed by atoms with Crippen molar-refractivity contribution in [2.75, 3.05) is 12.3 Å². The maximum Gasteiger partial charge on any atom is 0.341 e. The third kappa shape index (κ3) is 5.22. The minimum atomic E-state index is -0.511. The lowest BCUT2D eigenvalue weighted by Crippen LogP contribution is -2.10. The number of carbonyl (C=O) groups is 1. The van der Waals surface area contributed by atoms with Gasteiger partial charge in [0.05, 0.1) is 22.3 Å². The molecule has 5 heteroatoms. The first-order valence-corrected chi connectivity index (χ1v) is 7.74. The quantitative estimate of drug-likeness (QED) is 0.412. The Hall–Kier alpha value is -0.930. The summed E-state index contributed by atoms with van der Waals surface area (Å²) in [4.78, 5) is 11.9. The molecule has 3 nitrogen and oxygen atoms in total. The van der Waals surface area contributed by atoms with Crippen molar-refractivity contribution in [3.63, 3.8) is 0 Å². The number of halogens is 2. The molecule has 0 saturated carbocycles. The van der Waals surface area contributed by atoms with E-state index in [0.717, 1.165) is 12.8 Å². The van der Waals surface area contributed by atoms with Crippen LogP contribution in [0.25, 0.3) is 0 Å². The number of nitrogen functional groups attached to an aromatic ring is 1. The molecule has 0 fully saturated rings. The molecule has 2 N–H and O–H groups in total. The topological polar surface area (TPSA) is 52.3 Å². The van der Waals surface area contributed by atoms with Crippen LogP contribution < -0.4 is 5.73 Å². The highest BCUT2D eigenvalue weighted by Crippen LogP contribution is 2.29. The molecule has 1 aromatic rings. The number of esters is 1. The van der Waals surface area contributed by atoms with Crippen LogP contribution in [0.15, 0.2) is 12.1 Å². The minimum absolute atomic E-state index is 0.158. The van der Waals surface area contributed by atoms with Crippen molar-refractivity contribution in [3.05, 3.63) is 27.7 Å². The molecular weight excluding hydrogens is 297 g/mol. The van der Waals surface area contributed by atoms with Gasteiger partial charge in [-0.15, -0.1) is 0 Å². The second kappa shape index (κ2) is 9.09. The largest absolute Gasteiger partial charge is 0.462 e. The van der Waals surface area contributed by atoms with E-state index in [2.05, 4.69) is 6.92 Å². The molecule has 0 unspecified atom stereocenters. The first kappa shape index (κ1) is 17.1. The van der Waals surface area contributed by atoms with E-state index in [-0.39, 0.29) is 16.3 Å². The van der Waals surface area contributed by atoms with E-state index in [9.17, 15) is 4.79 Å². The average molecular weight is 318 g/mol. The fourth-order valence-corrected chi connectivity index (χ4v) is 2.29. The van der Waals surface area contributed by atoms with Gasteiger partial charge in [-0.1, -0.05) is 62.2 Å². The van der Waals surface area contributed by atoms with Crippen LogP contribution in [0.5, 0.6) is 0 Å². The summed E-state index contributed by atoms with van der Waals surface area (Å²) in [6.07, 6.45) is 6.80. The molecule has 0 bridgehead atoms. The molecule has 0 aliphatic rings. The lowest BCUT2D eigenvalue weighted by molar-refractivity contribution is 0.0499. The molecule has 1 aromatic carbocycles. The van der Waals surface area contributed by atoms with Crippen LogP contribution in [0.4, 0.5) is 5.69 Å². The van der Waals surface area contributed by atoms with Gasteiger partial charge in [0.15, 0.2) is 0 Å². The van der Waals surface area contributed by atoms with Gasteiger partial charge in [-0.25, -0.2) is 4.79 Å². The van der Waals surface area contributed by atoms with E-state index in [0.29, 0.717) is 11.6 Å². The number of unbranched alkanes of at least 4 members (excludes halogenated alkanes) is 5. The second-order valence-corrected chi connectivity index (χ2v) is 5.54. The van der Waals surface area contributed by atoms with E-state index < -0.39 is 5.97 Å². The van der Waals surface area contributed by atoms with Crippen molar-refractivity contribution in [1.82, 2.24) is 0 Å². The van der Waals surface area contributed by atoms with Gasteiger partial charge < -0.3 is 10.5 Å². The summed E-state index contributed by atoms with van der Waals surface area (Å²) in [6, 6.07) is 3.10. The van der Waals surface area contributed by atoms with Crippen molar-refractivity contribution < 1.29 is 9.53 Å². The Balaban J connectivity index is 2.38. The Bertz CT molecular complexity index is 450. The van der Waals surface area contributed by atoms with Crippen LogP contribution in [-0.2, 0) is 4.74 Å².